The molecular formula is C26H23N3O6. The molecule has 0 radical (unpaired) electrons. The van der Waals surface area contributed by atoms with Gasteiger partial charge in [0, 0.05) is 18.1 Å². The third-order valence-corrected chi connectivity index (χ3v) is 5.62. The zero-order chi connectivity index (χ0) is 24.9. The number of ether oxygens (including phenoxy) is 2. The van der Waals surface area contributed by atoms with Gasteiger partial charge in [0.1, 0.15) is 17.5 Å². The van der Waals surface area contributed by atoms with Gasteiger partial charge in [0.05, 0.1) is 25.3 Å². The van der Waals surface area contributed by atoms with E-state index in [9.17, 15) is 19.2 Å². The lowest BCUT2D eigenvalue weighted by Gasteiger charge is -2.25. The predicted molar refractivity (Wildman–Crippen MR) is 126 cm³/mol. The summed E-state index contributed by atoms with van der Waals surface area (Å²) in [5.74, 6) is -1.68. The molecule has 0 spiro atoms. The number of hydrogen-bond acceptors (Lipinski definition) is 6. The standard InChI is InChI=1S/C26H23N3O6/c1-34-18-13-17(14-19(15-18)35-2)23(30)27-28-24(31)22(12-16-8-4-3-5-9-16)29-25(32)20-10-6-7-11-21(20)26(29)33/h3-11,13-15,22H,12H2,1-2H3,(H,27,30)(H,28,31). The van der Waals surface area contributed by atoms with E-state index in [1.807, 2.05) is 6.07 Å². The smallest absolute Gasteiger partial charge is 0.269 e. The number of imide groups is 1. The van der Waals surface area contributed by atoms with Crippen LogP contribution in [-0.4, -0.2) is 48.8 Å². The molecule has 9 nitrogen and oxygen atoms in total. The van der Waals surface area contributed by atoms with Gasteiger partial charge >= 0.3 is 0 Å². The minimum atomic E-state index is -1.19. The first-order valence-corrected chi connectivity index (χ1v) is 10.8. The van der Waals surface area contributed by atoms with Crippen molar-refractivity contribution in [1.29, 1.82) is 0 Å². The molecular weight excluding hydrogens is 450 g/mol. The van der Waals surface area contributed by atoms with Crippen molar-refractivity contribution in [3.8, 4) is 11.5 Å². The lowest BCUT2D eigenvalue weighted by atomic mass is 10.0. The summed E-state index contributed by atoms with van der Waals surface area (Å²) < 4.78 is 10.3. The fourth-order valence-electron chi connectivity index (χ4n) is 3.84. The van der Waals surface area contributed by atoms with Gasteiger partial charge in [0.15, 0.2) is 0 Å². The Morgan fingerprint density at radius 3 is 1.89 bits per heavy atom. The van der Waals surface area contributed by atoms with E-state index in [0.29, 0.717) is 11.5 Å². The van der Waals surface area contributed by atoms with E-state index < -0.39 is 29.7 Å². The number of hydrazine groups is 1. The Balaban J connectivity index is 1.56. The van der Waals surface area contributed by atoms with E-state index in [1.165, 1.54) is 26.4 Å². The minimum absolute atomic E-state index is 0.0704. The molecule has 2 N–H and O–H groups in total. The third-order valence-electron chi connectivity index (χ3n) is 5.62. The van der Waals surface area contributed by atoms with Gasteiger partial charge in [-0.15, -0.1) is 0 Å². The fourth-order valence-corrected chi connectivity index (χ4v) is 3.84. The molecule has 3 aromatic rings. The number of carbonyl (C=O) groups is 4. The first-order chi connectivity index (χ1) is 16.9. The first-order valence-electron chi connectivity index (χ1n) is 10.8. The average Bonchev–Trinajstić information content (AvgIpc) is 3.15. The molecule has 0 saturated heterocycles. The van der Waals surface area contributed by atoms with Crippen LogP contribution in [0.25, 0.3) is 0 Å². The molecule has 1 heterocycles. The van der Waals surface area contributed by atoms with Crippen molar-refractivity contribution >= 4 is 23.6 Å². The molecule has 4 rings (SSSR count). The van der Waals surface area contributed by atoms with E-state index >= 15 is 0 Å². The van der Waals surface area contributed by atoms with Crippen molar-refractivity contribution in [3.05, 3.63) is 95.1 Å². The van der Waals surface area contributed by atoms with Crippen LogP contribution in [0.15, 0.2) is 72.8 Å². The van der Waals surface area contributed by atoms with Gasteiger partial charge in [-0.05, 0) is 29.8 Å². The van der Waals surface area contributed by atoms with Crippen LogP contribution in [0, 0.1) is 0 Å². The fraction of sp³-hybridized carbons (Fsp3) is 0.154. The molecule has 178 valence electrons. The largest absolute Gasteiger partial charge is 0.497 e. The number of carbonyl (C=O) groups excluding carboxylic acids is 4. The number of methoxy groups -OCH3 is 2. The van der Waals surface area contributed by atoms with Crippen molar-refractivity contribution in [2.45, 2.75) is 12.5 Å². The topological polar surface area (TPSA) is 114 Å². The predicted octanol–water partition coefficient (Wildman–Crippen LogP) is 2.37. The molecule has 35 heavy (non-hydrogen) atoms. The van der Waals surface area contributed by atoms with Crippen LogP contribution in [0.5, 0.6) is 11.5 Å². The lowest BCUT2D eigenvalue weighted by molar-refractivity contribution is -0.125. The van der Waals surface area contributed by atoms with Crippen molar-refractivity contribution < 1.29 is 28.7 Å². The zero-order valence-electron chi connectivity index (χ0n) is 19.1. The Morgan fingerprint density at radius 1 is 0.800 bits per heavy atom. The van der Waals surface area contributed by atoms with Gasteiger partial charge in [-0.1, -0.05) is 42.5 Å². The van der Waals surface area contributed by atoms with Crippen LogP contribution in [0.2, 0.25) is 0 Å². The monoisotopic (exact) mass is 473 g/mol. The molecule has 0 fully saturated rings. The molecule has 1 aliphatic rings. The molecule has 0 saturated carbocycles. The van der Waals surface area contributed by atoms with Crippen LogP contribution >= 0.6 is 0 Å². The van der Waals surface area contributed by atoms with Gasteiger partial charge in [-0.25, -0.2) is 0 Å². The quantitative estimate of drug-likeness (QED) is 0.402. The van der Waals surface area contributed by atoms with Gasteiger partial charge < -0.3 is 9.47 Å². The Kier molecular flexibility index (Phi) is 6.77. The molecule has 0 aromatic heterocycles. The lowest BCUT2D eigenvalue weighted by Crippen LogP contribution is -2.54. The van der Waals surface area contributed by atoms with Crippen molar-refractivity contribution in [3.63, 3.8) is 0 Å². The number of rotatable bonds is 7. The minimum Gasteiger partial charge on any atom is -0.497 e. The summed E-state index contributed by atoms with van der Waals surface area (Å²) in [6.07, 6.45) is 0.0704. The summed E-state index contributed by atoms with van der Waals surface area (Å²) in [7, 11) is 2.91. The summed E-state index contributed by atoms with van der Waals surface area (Å²) in [6, 6.07) is 18.8. The van der Waals surface area contributed by atoms with Crippen LogP contribution in [0.4, 0.5) is 0 Å². The van der Waals surface area contributed by atoms with Gasteiger partial charge in [0.2, 0.25) is 0 Å². The highest BCUT2D eigenvalue weighted by Crippen LogP contribution is 2.26. The highest BCUT2D eigenvalue weighted by atomic mass is 16.5. The second-order valence-corrected chi connectivity index (χ2v) is 7.78. The summed E-state index contributed by atoms with van der Waals surface area (Å²) >= 11 is 0. The maximum absolute atomic E-state index is 13.2. The summed E-state index contributed by atoms with van der Waals surface area (Å²) in [4.78, 5) is 53.0. The van der Waals surface area contributed by atoms with E-state index in [0.717, 1.165) is 10.5 Å². The van der Waals surface area contributed by atoms with E-state index in [1.54, 1.807) is 54.6 Å². The SMILES string of the molecule is COc1cc(OC)cc(C(=O)NNC(=O)C(Cc2ccccc2)N2C(=O)c3ccccc3C2=O)c1. The number of fused-ring (bicyclic) bond motifs is 1. The van der Waals surface area contributed by atoms with Crippen LogP contribution in [0.3, 0.4) is 0 Å². The van der Waals surface area contributed by atoms with E-state index in [4.69, 9.17) is 9.47 Å². The maximum Gasteiger partial charge on any atom is 0.269 e. The molecule has 9 heteroatoms. The number of amides is 4. The Bertz CT molecular complexity index is 1230. The van der Waals surface area contributed by atoms with Crippen LogP contribution in [-0.2, 0) is 11.2 Å². The average molecular weight is 473 g/mol. The molecule has 0 bridgehead atoms. The molecule has 1 aliphatic heterocycles. The third kappa shape index (κ3) is 4.84. The van der Waals surface area contributed by atoms with Gasteiger partial charge in [0.25, 0.3) is 23.6 Å². The number of benzene rings is 3. The second kappa shape index (κ2) is 10.1. The molecule has 4 amide bonds. The van der Waals surface area contributed by atoms with Crippen molar-refractivity contribution in [2.24, 2.45) is 0 Å². The summed E-state index contributed by atoms with van der Waals surface area (Å²) in [5.41, 5.74) is 6.09. The van der Waals surface area contributed by atoms with E-state index in [-0.39, 0.29) is 23.1 Å². The number of nitrogens with zero attached hydrogens (tertiary/aromatic N) is 1. The maximum atomic E-state index is 13.2. The van der Waals surface area contributed by atoms with Gasteiger partial charge in [-0.2, -0.15) is 0 Å². The molecule has 0 aliphatic carbocycles. The van der Waals surface area contributed by atoms with Crippen LogP contribution in [0.1, 0.15) is 36.6 Å². The number of hydrogen-bond donors (Lipinski definition) is 2. The molecule has 3 aromatic carbocycles. The van der Waals surface area contributed by atoms with Crippen molar-refractivity contribution in [1.82, 2.24) is 15.8 Å². The molecule has 1 unspecified atom stereocenters. The normalized spacial score (nSPS) is 13.1. The highest BCUT2D eigenvalue weighted by molar-refractivity contribution is 6.22. The van der Waals surface area contributed by atoms with Gasteiger partial charge in [-0.3, -0.25) is 34.9 Å². The molecule has 1 atom stereocenters. The Labute approximate surface area is 201 Å². The highest BCUT2D eigenvalue weighted by Gasteiger charge is 2.42. The number of nitrogens with one attached hydrogen (secondary N) is 2. The summed E-state index contributed by atoms with van der Waals surface area (Å²) in [6.45, 7) is 0. The second-order valence-electron chi connectivity index (χ2n) is 7.78. The zero-order valence-corrected chi connectivity index (χ0v) is 19.1. The van der Waals surface area contributed by atoms with Crippen LogP contribution < -0.4 is 20.3 Å². The Hall–Kier alpha value is -4.66. The first kappa shape index (κ1) is 23.5. The van der Waals surface area contributed by atoms with E-state index in [2.05, 4.69) is 10.9 Å². The Morgan fingerprint density at radius 2 is 1.34 bits per heavy atom. The summed E-state index contributed by atoms with van der Waals surface area (Å²) in [5, 5.41) is 0. The van der Waals surface area contributed by atoms with Crippen molar-refractivity contribution in [2.75, 3.05) is 14.2 Å².